The van der Waals surface area contributed by atoms with Gasteiger partial charge < -0.3 is 11.5 Å². The second kappa shape index (κ2) is 5.45. The first kappa shape index (κ1) is 14.0. The molecule has 0 radical (unpaired) electrons. The fourth-order valence-corrected chi connectivity index (χ4v) is 3.52. The van der Waals surface area contributed by atoms with Crippen LogP contribution >= 0.6 is 23.1 Å². The Kier molecular flexibility index (Phi) is 3.64. The fraction of sp³-hybridized carbons (Fsp3) is 0.154. The number of hydrogen-bond acceptors (Lipinski definition) is 7. The standard InChI is InChI=1S/C13H12FN5S2/c1-6(7-4-2-3-5-8(7)14)20-13-17-10(15)9-11(19-13)18-12(16)21-9/h2-6H,1H3,(H4,15,16,17,18,19). The van der Waals surface area contributed by atoms with Crippen LogP contribution in [0.2, 0.25) is 0 Å². The smallest absolute Gasteiger partial charge is 0.192 e. The molecule has 21 heavy (non-hydrogen) atoms. The third kappa shape index (κ3) is 2.77. The van der Waals surface area contributed by atoms with Crippen LogP contribution in [0.25, 0.3) is 10.3 Å². The maximum Gasteiger partial charge on any atom is 0.192 e. The van der Waals surface area contributed by atoms with Crippen molar-refractivity contribution >= 4 is 44.4 Å². The fourth-order valence-electron chi connectivity index (χ4n) is 1.92. The number of benzene rings is 1. The summed E-state index contributed by atoms with van der Waals surface area (Å²) in [5, 5.41) is 0.718. The number of halogens is 1. The Morgan fingerprint density at radius 2 is 1.95 bits per heavy atom. The molecule has 0 fully saturated rings. The highest BCUT2D eigenvalue weighted by atomic mass is 32.2. The lowest BCUT2D eigenvalue weighted by molar-refractivity contribution is 0.611. The Bertz CT molecular complexity index is 804. The first-order valence-corrected chi connectivity index (χ1v) is 7.85. The first-order valence-electron chi connectivity index (χ1n) is 6.15. The number of nitrogens with zero attached hydrogens (tertiary/aromatic N) is 3. The lowest BCUT2D eigenvalue weighted by Gasteiger charge is -2.11. The molecule has 0 spiro atoms. The van der Waals surface area contributed by atoms with Crippen LogP contribution in [0.3, 0.4) is 0 Å². The maximum atomic E-state index is 13.8. The highest BCUT2D eigenvalue weighted by molar-refractivity contribution is 7.99. The van der Waals surface area contributed by atoms with Crippen molar-refractivity contribution in [3.8, 4) is 0 Å². The van der Waals surface area contributed by atoms with Crippen molar-refractivity contribution in [2.45, 2.75) is 17.3 Å². The monoisotopic (exact) mass is 321 g/mol. The van der Waals surface area contributed by atoms with Crippen molar-refractivity contribution in [3.05, 3.63) is 35.6 Å². The summed E-state index contributed by atoms with van der Waals surface area (Å²) in [6.45, 7) is 1.89. The van der Waals surface area contributed by atoms with E-state index >= 15 is 0 Å². The van der Waals surface area contributed by atoms with Crippen LogP contribution in [0.4, 0.5) is 15.3 Å². The van der Waals surface area contributed by atoms with Gasteiger partial charge in [-0.2, -0.15) is 0 Å². The Hall–Kier alpha value is -1.93. The Morgan fingerprint density at radius 1 is 1.19 bits per heavy atom. The number of rotatable bonds is 3. The van der Waals surface area contributed by atoms with Crippen LogP contribution in [0.5, 0.6) is 0 Å². The number of nitrogens with two attached hydrogens (primary N) is 2. The summed E-state index contributed by atoms with van der Waals surface area (Å²) >= 11 is 2.58. The Balaban J connectivity index is 1.93. The molecule has 0 amide bonds. The summed E-state index contributed by atoms with van der Waals surface area (Å²) in [5.41, 5.74) is 12.6. The van der Waals surface area contributed by atoms with Crippen LogP contribution < -0.4 is 11.5 Å². The molecule has 2 heterocycles. The minimum Gasteiger partial charge on any atom is -0.382 e. The lowest BCUT2D eigenvalue weighted by Crippen LogP contribution is -1.98. The van der Waals surface area contributed by atoms with Crippen molar-refractivity contribution in [2.24, 2.45) is 0 Å². The lowest BCUT2D eigenvalue weighted by atomic mass is 10.1. The molecule has 3 aromatic rings. The van der Waals surface area contributed by atoms with Crippen molar-refractivity contribution < 1.29 is 4.39 Å². The van der Waals surface area contributed by atoms with E-state index in [-0.39, 0.29) is 11.1 Å². The van der Waals surface area contributed by atoms with E-state index in [4.69, 9.17) is 11.5 Å². The van der Waals surface area contributed by atoms with Gasteiger partial charge >= 0.3 is 0 Å². The van der Waals surface area contributed by atoms with Gasteiger partial charge in [-0.15, -0.1) is 0 Å². The number of hydrogen-bond donors (Lipinski definition) is 2. The number of thioether (sulfide) groups is 1. The Morgan fingerprint density at radius 3 is 2.71 bits per heavy atom. The van der Waals surface area contributed by atoms with Crippen LogP contribution in [-0.2, 0) is 0 Å². The van der Waals surface area contributed by atoms with Crippen LogP contribution in [0.15, 0.2) is 29.4 Å². The molecule has 108 valence electrons. The molecule has 5 nitrogen and oxygen atoms in total. The molecule has 0 aliphatic carbocycles. The molecule has 0 bridgehead atoms. The van der Waals surface area contributed by atoms with Crippen molar-refractivity contribution in [1.82, 2.24) is 15.0 Å². The third-order valence-corrected chi connectivity index (χ3v) is 4.80. The van der Waals surface area contributed by atoms with E-state index in [1.54, 1.807) is 18.2 Å². The quantitative estimate of drug-likeness (QED) is 0.568. The average molecular weight is 321 g/mol. The molecule has 8 heteroatoms. The molecule has 0 aliphatic heterocycles. The highest BCUT2D eigenvalue weighted by Gasteiger charge is 2.16. The molecule has 3 rings (SSSR count). The summed E-state index contributed by atoms with van der Waals surface area (Å²) in [5.74, 6) is 0.0990. The van der Waals surface area contributed by atoms with E-state index in [2.05, 4.69) is 15.0 Å². The average Bonchev–Trinajstić information content (AvgIpc) is 2.80. The van der Waals surface area contributed by atoms with Crippen LogP contribution in [0, 0.1) is 5.82 Å². The molecule has 0 aliphatic rings. The molecule has 1 aromatic carbocycles. The second-order valence-electron chi connectivity index (χ2n) is 4.38. The predicted octanol–water partition coefficient (Wildman–Crippen LogP) is 3.24. The van der Waals surface area contributed by atoms with Gasteiger partial charge in [0.05, 0.1) is 0 Å². The van der Waals surface area contributed by atoms with E-state index in [1.807, 2.05) is 6.92 Å². The minimum atomic E-state index is -0.246. The van der Waals surface area contributed by atoms with Gasteiger partial charge in [0, 0.05) is 10.8 Å². The SMILES string of the molecule is CC(Sc1nc(N)c2sc(N)nc2n1)c1ccccc1F. The van der Waals surface area contributed by atoms with Crippen LogP contribution in [-0.4, -0.2) is 15.0 Å². The van der Waals surface area contributed by atoms with E-state index in [9.17, 15) is 4.39 Å². The maximum absolute atomic E-state index is 13.8. The zero-order valence-electron chi connectivity index (χ0n) is 11.1. The second-order valence-corrected chi connectivity index (χ2v) is 6.72. The van der Waals surface area contributed by atoms with Crippen LogP contribution in [0.1, 0.15) is 17.7 Å². The minimum absolute atomic E-state index is 0.140. The molecule has 0 saturated heterocycles. The largest absolute Gasteiger partial charge is 0.382 e. The van der Waals surface area contributed by atoms with E-state index in [1.165, 1.54) is 29.2 Å². The molecular weight excluding hydrogens is 309 g/mol. The molecule has 0 saturated carbocycles. The van der Waals surface area contributed by atoms with E-state index in [0.29, 0.717) is 32.0 Å². The summed E-state index contributed by atoms with van der Waals surface area (Å²) < 4.78 is 14.4. The first-order chi connectivity index (χ1) is 10.0. The molecule has 2 aromatic heterocycles. The molecule has 1 unspecified atom stereocenters. The molecule has 1 atom stereocenters. The van der Waals surface area contributed by atoms with Gasteiger partial charge in [-0.1, -0.05) is 41.3 Å². The summed E-state index contributed by atoms with van der Waals surface area (Å²) in [4.78, 5) is 12.7. The van der Waals surface area contributed by atoms with Gasteiger partial charge in [0.1, 0.15) is 16.3 Å². The Labute approximate surface area is 128 Å². The van der Waals surface area contributed by atoms with Gasteiger partial charge in [0.2, 0.25) is 0 Å². The zero-order chi connectivity index (χ0) is 15.0. The number of aromatic nitrogens is 3. The zero-order valence-corrected chi connectivity index (χ0v) is 12.7. The number of thiazole rings is 1. The van der Waals surface area contributed by atoms with Gasteiger partial charge in [-0.3, -0.25) is 0 Å². The van der Waals surface area contributed by atoms with Crippen molar-refractivity contribution in [3.63, 3.8) is 0 Å². The summed E-state index contributed by atoms with van der Waals surface area (Å²) in [6, 6.07) is 6.64. The summed E-state index contributed by atoms with van der Waals surface area (Å²) in [6.07, 6.45) is 0. The van der Waals surface area contributed by atoms with Gasteiger partial charge in [-0.05, 0) is 13.0 Å². The van der Waals surface area contributed by atoms with Gasteiger partial charge in [-0.25, -0.2) is 19.3 Å². The van der Waals surface area contributed by atoms with E-state index in [0.717, 1.165) is 0 Å². The third-order valence-electron chi connectivity index (χ3n) is 2.90. The molecule has 4 N–H and O–H groups in total. The predicted molar refractivity (Wildman–Crippen MR) is 84.7 cm³/mol. The number of fused-ring (bicyclic) bond motifs is 1. The molecular formula is C13H12FN5S2. The van der Waals surface area contributed by atoms with Gasteiger partial charge in [0.15, 0.2) is 15.9 Å². The number of anilines is 2. The van der Waals surface area contributed by atoms with Crippen molar-refractivity contribution in [1.29, 1.82) is 0 Å². The summed E-state index contributed by atoms with van der Waals surface area (Å²) in [7, 11) is 0. The number of nitrogen functional groups attached to an aromatic ring is 2. The highest BCUT2D eigenvalue weighted by Crippen LogP contribution is 2.36. The topological polar surface area (TPSA) is 90.7 Å². The normalized spacial score (nSPS) is 12.7. The van der Waals surface area contributed by atoms with Gasteiger partial charge in [0.25, 0.3) is 0 Å². The van der Waals surface area contributed by atoms with Crippen molar-refractivity contribution in [2.75, 3.05) is 11.5 Å². The van der Waals surface area contributed by atoms with E-state index < -0.39 is 0 Å².